The molecule has 0 radical (unpaired) electrons. The van der Waals surface area contributed by atoms with Crippen molar-refractivity contribution in [2.75, 3.05) is 0 Å². The smallest absolute Gasteiger partial charge is 0.307 e. The zero-order valence-corrected chi connectivity index (χ0v) is 13.7. The maximum Gasteiger partial charge on any atom is 0.307 e. The zero-order chi connectivity index (χ0) is 17.6. The molecule has 1 fully saturated rings. The largest absolute Gasteiger partial charge is 0.481 e. The number of amides is 1. The molecule has 6 heteroatoms. The van der Waals surface area contributed by atoms with Crippen LogP contribution >= 0.6 is 0 Å². The highest BCUT2D eigenvalue weighted by molar-refractivity contribution is 5.86. The molecule has 1 saturated carbocycles. The number of carbonyl (C=O) groups excluding carboxylic acids is 1. The van der Waals surface area contributed by atoms with E-state index in [-0.39, 0.29) is 5.91 Å². The highest BCUT2D eigenvalue weighted by Crippen LogP contribution is 2.34. The molecule has 2 aromatic rings. The Morgan fingerprint density at radius 3 is 2.56 bits per heavy atom. The summed E-state index contributed by atoms with van der Waals surface area (Å²) in [7, 11) is 0. The number of nitrogens with one attached hydrogen (secondary N) is 1. The van der Waals surface area contributed by atoms with E-state index in [1.165, 1.54) is 0 Å². The average Bonchev–Trinajstić information content (AvgIpc) is 2.58. The molecule has 0 bridgehead atoms. The van der Waals surface area contributed by atoms with Crippen molar-refractivity contribution < 1.29 is 19.4 Å². The van der Waals surface area contributed by atoms with Crippen LogP contribution in [-0.4, -0.2) is 22.0 Å². The van der Waals surface area contributed by atoms with E-state index in [1.807, 2.05) is 30.3 Å². The quantitative estimate of drug-likeness (QED) is 0.808. The number of pyridine rings is 1. The Labute approximate surface area is 145 Å². The van der Waals surface area contributed by atoms with Gasteiger partial charge in [0.15, 0.2) is 0 Å². The molecule has 1 aromatic carbocycles. The van der Waals surface area contributed by atoms with E-state index in [2.05, 4.69) is 10.3 Å². The molecule has 2 unspecified atom stereocenters. The van der Waals surface area contributed by atoms with Gasteiger partial charge < -0.3 is 15.2 Å². The molecule has 0 saturated heterocycles. The highest BCUT2D eigenvalue weighted by Gasteiger charge is 2.41. The van der Waals surface area contributed by atoms with Crippen molar-refractivity contribution in [3.05, 3.63) is 59.8 Å². The predicted molar refractivity (Wildman–Crippen MR) is 90.7 cm³/mol. The van der Waals surface area contributed by atoms with Crippen LogP contribution in [0.2, 0.25) is 0 Å². The lowest BCUT2D eigenvalue weighted by molar-refractivity contribution is -0.152. The molecule has 130 valence electrons. The van der Waals surface area contributed by atoms with Crippen molar-refractivity contribution in [1.82, 2.24) is 10.3 Å². The second-order valence-corrected chi connectivity index (χ2v) is 6.12. The Bertz CT molecular complexity index is 748. The number of ether oxygens (including phenoxy) is 1. The van der Waals surface area contributed by atoms with Crippen LogP contribution in [0.4, 0.5) is 0 Å². The number of aliphatic carboxylic acids is 1. The lowest BCUT2D eigenvalue weighted by Crippen LogP contribution is -2.43. The van der Waals surface area contributed by atoms with Crippen LogP contribution in [0.15, 0.2) is 48.7 Å². The maximum absolute atomic E-state index is 12.1. The van der Waals surface area contributed by atoms with E-state index in [1.54, 1.807) is 18.3 Å². The monoisotopic (exact) mass is 340 g/mol. The molecule has 6 nitrogen and oxygen atoms in total. The van der Waals surface area contributed by atoms with Crippen LogP contribution in [0.1, 0.15) is 24.0 Å². The standard InChI is InChI=1S/C19H20N2O4/c22-18(15-6-7-16(15)19(23)24)21-11-14-8-9-20-17(10-14)25-12-13-4-2-1-3-5-13/h1-5,8-10,15-16H,6-7,11-12H2,(H,21,22)(H,23,24). The van der Waals surface area contributed by atoms with E-state index >= 15 is 0 Å². The predicted octanol–water partition coefficient (Wildman–Crippen LogP) is 2.39. The van der Waals surface area contributed by atoms with Gasteiger partial charge in [0.05, 0.1) is 11.8 Å². The number of carboxylic acid groups (broad SMARTS) is 1. The average molecular weight is 340 g/mol. The Kier molecular flexibility index (Phi) is 5.28. The molecule has 2 N–H and O–H groups in total. The Balaban J connectivity index is 1.51. The van der Waals surface area contributed by atoms with Crippen molar-refractivity contribution in [3.8, 4) is 5.88 Å². The molecule has 2 atom stereocenters. The van der Waals surface area contributed by atoms with Crippen LogP contribution < -0.4 is 10.1 Å². The summed E-state index contributed by atoms with van der Waals surface area (Å²) in [5, 5.41) is 11.8. The molecule has 0 aliphatic heterocycles. The molecule has 1 heterocycles. The van der Waals surface area contributed by atoms with Crippen molar-refractivity contribution in [3.63, 3.8) is 0 Å². The van der Waals surface area contributed by atoms with Crippen LogP contribution in [0, 0.1) is 11.8 Å². The van der Waals surface area contributed by atoms with E-state index < -0.39 is 17.8 Å². The molecule has 1 amide bonds. The fourth-order valence-corrected chi connectivity index (χ4v) is 2.80. The van der Waals surface area contributed by atoms with Gasteiger partial charge in [0.1, 0.15) is 6.61 Å². The molecule has 3 rings (SSSR count). The number of carbonyl (C=O) groups is 2. The van der Waals surface area contributed by atoms with Gasteiger partial charge in [0.25, 0.3) is 0 Å². The summed E-state index contributed by atoms with van der Waals surface area (Å²) in [5.74, 6) is -1.59. The molecule has 25 heavy (non-hydrogen) atoms. The summed E-state index contributed by atoms with van der Waals surface area (Å²) >= 11 is 0. The third kappa shape index (κ3) is 4.35. The highest BCUT2D eigenvalue weighted by atomic mass is 16.5. The summed E-state index contributed by atoms with van der Waals surface area (Å²) in [6.45, 7) is 0.748. The first-order valence-electron chi connectivity index (χ1n) is 8.25. The van der Waals surface area contributed by atoms with Crippen LogP contribution in [0.5, 0.6) is 5.88 Å². The van der Waals surface area contributed by atoms with Crippen LogP contribution in [0.3, 0.4) is 0 Å². The first-order valence-corrected chi connectivity index (χ1v) is 8.25. The second-order valence-electron chi connectivity index (χ2n) is 6.12. The van der Waals surface area contributed by atoms with Gasteiger partial charge in [-0.3, -0.25) is 9.59 Å². The summed E-state index contributed by atoms with van der Waals surface area (Å²) in [4.78, 5) is 27.3. The van der Waals surface area contributed by atoms with Crippen molar-refractivity contribution >= 4 is 11.9 Å². The minimum Gasteiger partial charge on any atom is -0.481 e. The van der Waals surface area contributed by atoms with E-state index in [9.17, 15) is 9.59 Å². The van der Waals surface area contributed by atoms with Crippen LogP contribution in [-0.2, 0) is 22.7 Å². The van der Waals surface area contributed by atoms with Gasteiger partial charge in [-0.1, -0.05) is 30.3 Å². The van der Waals surface area contributed by atoms with Gasteiger partial charge in [-0.15, -0.1) is 0 Å². The lowest BCUT2D eigenvalue weighted by Gasteiger charge is -2.31. The number of aromatic nitrogens is 1. The van der Waals surface area contributed by atoms with Crippen molar-refractivity contribution in [1.29, 1.82) is 0 Å². The van der Waals surface area contributed by atoms with Gasteiger partial charge >= 0.3 is 5.97 Å². The minimum atomic E-state index is -0.896. The number of benzene rings is 1. The molecule has 1 aliphatic rings. The second kappa shape index (κ2) is 7.79. The first-order chi connectivity index (χ1) is 12.1. The fraction of sp³-hybridized carbons (Fsp3) is 0.316. The minimum absolute atomic E-state index is 0.206. The number of hydrogen-bond donors (Lipinski definition) is 2. The van der Waals surface area contributed by atoms with Crippen LogP contribution in [0.25, 0.3) is 0 Å². The third-order valence-corrected chi connectivity index (χ3v) is 4.42. The zero-order valence-electron chi connectivity index (χ0n) is 13.7. The van der Waals surface area contributed by atoms with Gasteiger partial charge in [-0.2, -0.15) is 0 Å². The van der Waals surface area contributed by atoms with Crippen molar-refractivity contribution in [2.24, 2.45) is 11.8 Å². The number of carboxylic acids is 1. The number of nitrogens with zero attached hydrogens (tertiary/aromatic N) is 1. The van der Waals surface area contributed by atoms with Gasteiger partial charge in [-0.05, 0) is 30.0 Å². The van der Waals surface area contributed by atoms with E-state index in [4.69, 9.17) is 9.84 Å². The molecule has 1 aliphatic carbocycles. The topological polar surface area (TPSA) is 88.5 Å². The third-order valence-electron chi connectivity index (χ3n) is 4.42. The Morgan fingerprint density at radius 2 is 1.88 bits per heavy atom. The Morgan fingerprint density at radius 1 is 1.12 bits per heavy atom. The normalized spacial score (nSPS) is 18.9. The van der Waals surface area contributed by atoms with Gasteiger partial charge in [-0.25, -0.2) is 4.98 Å². The lowest BCUT2D eigenvalue weighted by atomic mass is 9.73. The van der Waals surface area contributed by atoms with Crippen molar-refractivity contribution in [2.45, 2.75) is 26.0 Å². The summed E-state index contributed by atoms with van der Waals surface area (Å²) in [6, 6.07) is 13.4. The maximum atomic E-state index is 12.1. The number of rotatable bonds is 7. The first kappa shape index (κ1) is 17.0. The fourth-order valence-electron chi connectivity index (χ4n) is 2.80. The van der Waals surface area contributed by atoms with E-state index in [0.717, 1.165) is 11.1 Å². The summed E-state index contributed by atoms with van der Waals surface area (Å²) in [5.41, 5.74) is 1.91. The SMILES string of the molecule is O=C(O)C1CCC1C(=O)NCc1ccnc(OCc2ccccc2)c1. The number of hydrogen-bond acceptors (Lipinski definition) is 4. The molecule has 0 spiro atoms. The molecular formula is C19H20N2O4. The summed E-state index contributed by atoms with van der Waals surface area (Å²) in [6.07, 6.45) is 2.83. The van der Waals surface area contributed by atoms with Gasteiger partial charge in [0.2, 0.25) is 11.8 Å². The molecule has 1 aromatic heterocycles. The Hall–Kier alpha value is -2.89. The molecular weight excluding hydrogens is 320 g/mol. The van der Waals surface area contributed by atoms with E-state index in [0.29, 0.717) is 31.9 Å². The van der Waals surface area contributed by atoms with Gasteiger partial charge in [0, 0.05) is 18.8 Å². The summed E-state index contributed by atoms with van der Waals surface area (Å²) < 4.78 is 5.67.